The SMILES string of the molecule is O=C(NC1CC1)c1ccc(CN(C(=O)c2ccc3c(c2)OCCO3)C2CC2)cc1. The van der Waals surface area contributed by atoms with Crippen molar-refractivity contribution >= 4 is 11.8 Å². The maximum atomic E-state index is 13.2. The van der Waals surface area contributed by atoms with E-state index in [1.807, 2.05) is 29.2 Å². The lowest BCUT2D eigenvalue weighted by Gasteiger charge is -2.24. The fourth-order valence-electron chi connectivity index (χ4n) is 3.55. The van der Waals surface area contributed by atoms with Gasteiger partial charge in [0.05, 0.1) is 0 Å². The maximum Gasteiger partial charge on any atom is 0.254 e. The first-order valence-electron chi connectivity index (χ1n) is 10.3. The van der Waals surface area contributed by atoms with E-state index >= 15 is 0 Å². The molecule has 1 heterocycles. The summed E-state index contributed by atoms with van der Waals surface area (Å²) in [5.41, 5.74) is 2.30. The lowest BCUT2D eigenvalue weighted by molar-refractivity contribution is 0.0728. The van der Waals surface area contributed by atoms with Gasteiger partial charge in [-0.2, -0.15) is 0 Å². The minimum absolute atomic E-state index is 0.0000245. The van der Waals surface area contributed by atoms with E-state index in [-0.39, 0.29) is 17.9 Å². The van der Waals surface area contributed by atoms with Gasteiger partial charge in [0.2, 0.25) is 0 Å². The third-order valence-corrected chi connectivity index (χ3v) is 5.52. The van der Waals surface area contributed by atoms with Crippen LogP contribution >= 0.6 is 0 Å². The highest BCUT2D eigenvalue weighted by Crippen LogP contribution is 2.34. The van der Waals surface area contributed by atoms with Crippen LogP contribution in [0.15, 0.2) is 42.5 Å². The van der Waals surface area contributed by atoms with Crippen molar-refractivity contribution in [2.45, 2.75) is 44.3 Å². The highest BCUT2D eigenvalue weighted by molar-refractivity contribution is 5.96. The fourth-order valence-corrected chi connectivity index (χ4v) is 3.55. The van der Waals surface area contributed by atoms with Crippen molar-refractivity contribution in [3.05, 3.63) is 59.2 Å². The molecule has 0 bridgehead atoms. The molecule has 2 aliphatic carbocycles. The molecule has 5 rings (SSSR count). The van der Waals surface area contributed by atoms with Crippen LogP contribution in [-0.2, 0) is 6.54 Å². The third-order valence-electron chi connectivity index (χ3n) is 5.52. The van der Waals surface area contributed by atoms with Crippen LogP contribution in [-0.4, -0.2) is 42.0 Å². The van der Waals surface area contributed by atoms with Crippen LogP contribution in [0.2, 0.25) is 0 Å². The highest BCUT2D eigenvalue weighted by atomic mass is 16.6. The molecule has 0 aromatic heterocycles. The average Bonchev–Trinajstić information content (AvgIpc) is 3.67. The average molecular weight is 392 g/mol. The molecule has 0 atom stereocenters. The molecule has 1 aliphatic heterocycles. The first-order chi connectivity index (χ1) is 14.2. The summed E-state index contributed by atoms with van der Waals surface area (Å²) in [4.78, 5) is 27.3. The lowest BCUT2D eigenvalue weighted by Crippen LogP contribution is -2.32. The van der Waals surface area contributed by atoms with Gasteiger partial charge >= 0.3 is 0 Å². The molecule has 0 spiro atoms. The van der Waals surface area contributed by atoms with Crippen molar-refractivity contribution in [3.8, 4) is 11.5 Å². The van der Waals surface area contributed by atoms with Gasteiger partial charge in [-0.3, -0.25) is 9.59 Å². The number of ether oxygens (including phenoxy) is 2. The molecule has 6 heteroatoms. The maximum absolute atomic E-state index is 13.2. The van der Waals surface area contributed by atoms with Crippen molar-refractivity contribution in [1.29, 1.82) is 0 Å². The Hall–Kier alpha value is -3.02. The zero-order valence-electron chi connectivity index (χ0n) is 16.2. The van der Waals surface area contributed by atoms with Crippen molar-refractivity contribution in [3.63, 3.8) is 0 Å². The fraction of sp³-hybridized carbons (Fsp3) is 0.391. The van der Waals surface area contributed by atoms with Gasteiger partial charge in [0.15, 0.2) is 11.5 Å². The van der Waals surface area contributed by atoms with Crippen molar-refractivity contribution in [1.82, 2.24) is 10.2 Å². The molecular weight excluding hydrogens is 368 g/mol. The Bertz CT molecular complexity index is 932. The van der Waals surface area contributed by atoms with E-state index in [9.17, 15) is 9.59 Å². The Labute approximate surface area is 169 Å². The predicted octanol–water partition coefficient (Wildman–Crippen LogP) is 3.15. The number of rotatable bonds is 6. The van der Waals surface area contributed by atoms with E-state index in [0.717, 1.165) is 31.2 Å². The number of benzene rings is 2. The van der Waals surface area contributed by atoms with Crippen LogP contribution in [0.5, 0.6) is 11.5 Å². The summed E-state index contributed by atoms with van der Waals surface area (Å²) in [6, 6.07) is 13.6. The van der Waals surface area contributed by atoms with Crippen LogP contribution in [0.4, 0.5) is 0 Å². The first-order valence-corrected chi connectivity index (χ1v) is 10.3. The van der Waals surface area contributed by atoms with Crippen LogP contribution in [0, 0.1) is 0 Å². The molecule has 150 valence electrons. The van der Waals surface area contributed by atoms with Gasteiger partial charge in [0, 0.05) is 29.8 Å². The molecule has 0 saturated heterocycles. The summed E-state index contributed by atoms with van der Waals surface area (Å²) >= 11 is 0. The summed E-state index contributed by atoms with van der Waals surface area (Å²) < 4.78 is 11.2. The molecule has 3 aliphatic rings. The summed E-state index contributed by atoms with van der Waals surface area (Å²) in [7, 11) is 0. The Morgan fingerprint density at radius 1 is 0.897 bits per heavy atom. The van der Waals surface area contributed by atoms with Gasteiger partial charge in [-0.05, 0) is 61.6 Å². The van der Waals surface area contributed by atoms with Crippen molar-refractivity contribution in [2.24, 2.45) is 0 Å². The van der Waals surface area contributed by atoms with Gasteiger partial charge in [0.1, 0.15) is 13.2 Å². The number of nitrogens with zero attached hydrogens (tertiary/aromatic N) is 1. The van der Waals surface area contributed by atoms with Crippen LogP contribution in [0.3, 0.4) is 0 Å². The van der Waals surface area contributed by atoms with E-state index in [1.54, 1.807) is 18.2 Å². The molecule has 2 amide bonds. The zero-order valence-corrected chi connectivity index (χ0v) is 16.2. The molecule has 6 nitrogen and oxygen atoms in total. The van der Waals surface area contributed by atoms with E-state index in [1.165, 1.54) is 0 Å². The number of carbonyl (C=O) groups excluding carboxylic acids is 2. The normalized spacial score (nSPS) is 17.5. The summed E-state index contributed by atoms with van der Waals surface area (Å²) in [5, 5.41) is 3.00. The van der Waals surface area contributed by atoms with Gasteiger partial charge in [-0.1, -0.05) is 12.1 Å². The Kier molecular flexibility index (Phi) is 4.62. The monoisotopic (exact) mass is 392 g/mol. The summed E-state index contributed by atoms with van der Waals surface area (Å²) in [6.45, 7) is 1.56. The van der Waals surface area contributed by atoms with E-state index in [2.05, 4.69) is 5.32 Å². The molecule has 2 fully saturated rings. The van der Waals surface area contributed by atoms with Crippen molar-refractivity contribution < 1.29 is 19.1 Å². The zero-order chi connectivity index (χ0) is 19.8. The molecule has 2 aromatic carbocycles. The number of amides is 2. The van der Waals surface area contributed by atoms with E-state index in [4.69, 9.17) is 9.47 Å². The molecular formula is C23H24N2O4. The second-order valence-corrected chi connectivity index (χ2v) is 7.97. The first kappa shape index (κ1) is 18.0. The van der Waals surface area contributed by atoms with Crippen LogP contribution in [0.1, 0.15) is 52.0 Å². The molecule has 2 saturated carbocycles. The number of hydrogen-bond donors (Lipinski definition) is 1. The molecule has 0 radical (unpaired) electrons. The molecule has 1 N–H and O–H groups in total. The second-order valence-electron chi connectivity index (χ2n) is 7.97. The quantitative estimate of drug-likeness (QED) is 0.820. The summed E-state index contributed by atoms with van der Waals surface area (Å²) in [5.74, 6) is 1.29. The number of fused-ring (bicyclic) bond motifs is 1. The van der Waals surface area contributed by atoms with Crippen LogP contribution < -0.4 is 14.8 Å². The Morgan fingerprint density at radius 2 is 1.59 bits per heavy atom. The third kappa shape index (κ3) is 4.06. The van der Waals surface area contributed by atoms with E-state index in [0.29, 0.717) is 48.4 Å². The number of carbonyl (C=O) groups is 2. The highest BCUT2D eigenvalue weighted by Gasteiger charge is 2.33. The van der Waals surface area contributed by atoms with Gasteiger partial charge in [0.25, 0.3) is 11.8 Å². The summed E-state index contributed by atoms with van der Waals surface area (Å²) in [6.07, 6.45) is 4.20. The lowest BCUT2D eigenvalue weighted by atomic mass is 10.1. The topological polar surface area (TPSA) is 67.9 Å². The number of nitrogens with one attached hydrogen (secondary N) is 1. The van der Waals surface area contributed by atoms with E-state index < -0.39 is 0 Å². The second kappa shape index (κ2) is 7.43. The minimum atomic E-state index is -0.0227. The molecule has 2 aromatic rings. The van der Waals surface area contributed by atoms with Gasteiger partial charge in [-0.25, -0.2) is 0 Å². The van der Waals surface area contributed by atoms with Gasteiger partial charge in [-0.15, -0.1) is 0 Å². The van der Waals surface area contributed by atoms with Gasteiger partial charge < -0.3 is 19.7 Å². The minimum Gasteiger partial charge on any atom is -0.486 e. The Balaban J connectivity index is 1.30. The smallest absolute Gasteiger partial charge is 0.254 e. The molecule has 0 unspecified atom stereocenters. The predicted molar refractivity (Wildman–Crippen MR) is 107 cm³/mol. The van der Waals surface area contributed by atoms with Crippen LogP contribution in [0.25, 0.3) is 0 Å². The largest absolute Gasteiger partial charge is 0.486 e. The molecule has 29 heavy (non-hydrogen) atoms. The standard InChI is InChI=1S/C23H24N2O4/c26-22(24-18-6-7-18)16-3-1-15(2-4-16)14-25(19-8-9-19)23(27)17-5-10-20-21(13-17)29-12-11-28-20/h1-5,10,13,18-19H,6-9,11-12,14H2,(H,24,26). The van der Waals surface area contributed by atoms with Crippen molar-refractivity contribution in [2.75, 3.05) is 13.2 Å². The number of hydrogen-bond acceptors (Lipinski definition) is 4. The Morgan fingerprint density at radius 3 is 2.28 bits per heavy atom.